The van der Waals surface area contributed by atoms with Gasteiger partial charge in [-0.2, -0.15) is 0 Å². The third kappa shape index (κ3) is 4.94. The number of aliphatic hydroxyl groups is 1. The van der Waals surface area contributed by atoms with Crippen molar-refractivity contribution in [2.45, 2.75) is 123 Å². The number of benzene rings is 2. The molecular formula is C40H54N3O2+. The van der Waals surface area contributed by atoms with Crippen molar-refractivity contribution in [1.29, 1.82) is 0 Å². The first-order chi connectivity index (χ1) is 21.7. The minimum Gasteiger partial charge on any atom is -0.393 e. The van der Waals surface area contributed by atoms with Crippen LogP contribution in [0.4, 0.5) is 0 Å². The van der Waals surface area contributed by atoms with Gasteiger partial charge in [0, 0.05) is 11.5 Å². The molecule has 11 atom stereocenters. The summed E-state index contributed by atoms with van der Waals surface area (Å²) in [5, 5.41) is 17.8. The fourth-order valence-electron chi connectivity index (χ4n) is 11.6. The molecule has 4 fully saturated rings. The Morgan fingerprint density at radius 1 is 1.09 bits per heavy atom. The highest BCUT2D eigenvalue weighted by Gasteiger charge is 2.64. The van der Waals surface area contributed by atoms with E-state index in [2.05, 4.69) is 91.8 Å². The Kier molecular flexibility index (Phi) is 7.52. The molecule has 0 amide bonds. The molecule has 5 aliphatic rings. The number of rotatable bonds is 7. The van der Waals surface area contributed by atoms with Crippen LogP contribution in [0.1, 0.15) is 97.1 Å². The lowest BCUT2D eigenvalue weighted by molar-refractivity contribution is -0.697. The second kappa shape index (κ2) is 11.3. The van der Waals surface area contributed by atoms with Crippen LogP contribution in [0.3, 0.4) is 0 Å². The van der Waals surface area contributed by atoms with Gasteiger partial charge in [-0.1, -0.05) is 74.9 Å². The number of aromatic nitrogens is 3. The summed E-state index contributed by atoms with van der Waals surface area (Å²) in [7, 11) is 0. The van der Waals surface area contributed by atoms with Crippen LogP contribution in [-0.2, 0) is 17.7 Å². The van der Waals surface area contributed by atoms with Crippen molar-refractivity contribution in [3.8, 4) is 0 Å². The highest BCUT2D eigenvalue weighted by molar-refractivity contribution is 5.85. The average molecular weight is 609 g/mol. The second-order valence-corrected chi connectivity index (χ2v) is 16.3. The van der Waals surface area contributed by atoms with E-state index in [4.69, 9.17) is 9.84 Å². The minimum absolute atomic E-state index is 0.121. The Bertz CT molecular complexity index is 1570. The second-order valence-electron chi connectivity index (χ2n) is 16.3. The molecule has 5 nitrogen and oxygen atoms in total. The van der Waals surface area contributed by atoms with E-state index < -0.39 is 0 Å². The molecule has 4 aliphatic carbocycles. The van der Waals surface area contributed by atoms with E-state index in [1.807, 2.05) is 6.33 Å². The van der Waals surface area contributed by atoms with Crippen molar-refractivity contribution < 1.29 is 14.4 Å². The van der Waals surface area contributed by atoms with Gasteiger partial charge in [-0.15, -0.1) is 4.68 Å². The topological polar surface area (TPSA) is 51.2 Å². The monoisotopic (exact) mass is 608 g/mol. The number of fused-ring (bicyclic) bond motifs is 8. The number of hydrogen-bond acceptors (Lipinski definition) is 3. The van der Waals surface area contributed by atoms with Crippen molar-refractivity contribution in [1.82, 2.24) is 9.78 Å². The minimum atomic E-state index is -0.121. The van der Waals surface area contributed by atoms with Gasteiger partial charge in [0.15, 0.2) is 0 Å². The van der Waals surface area contributed by atoms with Crippen LogP contribution in [0.5, 0.6) is 0 Å². The average Bonchev–Trinajstić information content (AvgIpc) is 3.73. The summed E-state index contributed by atoms with van der Waals surface area (Å²) < 4.78 is 11.4. The first kappa shape index (κ1) is 29.9. The molecule has 3 aromatic rings. The molecule has 1 N–H and O–H groups in total. The maximum absolute atomic E-state index is 10.4. The van der Waals surface area contributed by atoms with Gasteiger partial charge < -0.3 is 9.84 Å². The molecule has 2 aromatic carbocycles. The molecular weight excluding hydrogens is 554 g/mol. The summed E-state index contributed by atoms with van der Waals surface area (Å²) in [6.45, 7) is 11.0. The number of hydrogen-bond donors (Lipinski definition) is 1. The standard InChI is InChI=1S/C40H54N3O2/c1-26(43-25-42(24-41-43)21-18-29-10-7-9-28-8-5-6-11-32(28)29)12-15-36-27(2)38-37(45-36)23-35-33-14-13-30-22-31(44)16-19-39(30,3)34(33)17-20-40(35,38)4/h5-11,13,24-27,31,33-38,44H,12,14-23H2,1-4H3/q+1/t26-,27?,31?,33-,34-,35+,36-,37?,38?,39+,40+/m1/s1. The molecule has 3 saturated carbocycles. The third-order valence-corrected chi connectivity index (χ3v) is 14.1. The lowest BCUT2D eigenvalue weighted by atomic mass is 9.47. The summed E-state index contributed by atoms with van der Waals surface area (Å²) in [5.41, 5.74) is 3.69. The highest BCUT2D eigenvalue weighted by Crippen LogP contribution is 2.69. The van der Waals surface area contributed by atoms with E-state index >= 15 is 0 Å². The maximum Gasteiger partial charge on any atom is 0.265 e. The molecule has 8 rings (SSSR count). The predicted molar refractivity (Wildman–Crippen MR) is 178 cm³/mol. The molecule has 240 valence electrons. The van der Waals surface area contributed by atoms with Crippen molar-refractivity contribution >= 4 is 10.8 Å². The Labute approximate surface area is 270 Å². The van der Waals surface area contributed by atoms with Crippen LogP contribution in [0.25, 0.3) is 10.8 Å². The Balaban J connectivity index is 0.884. The van der Waals surface area contributed by atoms with Gasteiger partial charge >= 0.3 is 0 Å². The van der Waals surface area contributed by atoms with E-state index in [0.717, 1.165) is 56.4 Å². The lowest BCUT2D eigenvalue weighted by Crippen LogP contribution is -2.51. The van der Waals surface area contributed by atoms with E-state index in [9.17, 15) is 5.11 Å². The number of aryl methyl sites for hydroxylation is 2. The van der Waals surface area contributed by atoms with E-state index in [1.165, 1.54) is 48.4 Å². The van der Waals surface area contributed by atoms with Gasteiger partial charge in [0.25, 0.3) is 6.33 Å². The summed E-state index contributed by atoms with van der Waals surface area (Å²) in [6.07, 6.45) is 18.9. The summed E-state index contributed by atoms with van der Waals surface area (Å²) in [6, 6.07) is 15.7. The number of allylic oxidation sites excluding steroid dienone is 1. The normalized spacial score (nSPS) is 39.5. The predicted octanol–water partition coefficient (Wildman–Crippen LogP) is 7.86. The Morgan fingerprint density at radius 3 is 2.82 bits per heavy atom. The molecule has 1 aromatic heterocycles. The van der Waals surface area contributed by atoms with Crippen molar-refractivity contribution in [3.63, 3.8) is 0 Å². The van der Waals surface area contributed by atoms with Crippen molar-refractivity contribution in [3.05, 3.63) is 72.3 Å². The molecule has 2 heterocycles. The van der Waals surface area contributed by atoms with Crippen molar-refractivity contribution in [2.75, 3.05) is 0 Å². The SMILES string of the molecule is CC1C2C(C[C@H]3[C@@H]4CC=C5CC(O)CC[C@]5(C)[C@@H]4CC[C@]23C)O[C@@H]1CC[C@@H](C)n1c[n+](CCc2cccc3ccccc23)cn1. The molecule has 1 saturated heterocycles. The Morgan fingerprint density at radius 2 is 1.93 bits per heavy atom. The molecule has 0 spiro atoms. The van der Waals surface area contributed by atoms with Gasteiger partial charge in [-0.25, -0.2) is 4.57 Å². The zero-order valence-corrected chi connectivity index (χ0v) is 27.9. The maximum atomic E-state index is 10.4. The first-order valence-electron chi connectivity index (χ1n) is 18.2. The zero-order chi connectivity index (χ0) is 30.9. The number of ether oxygens (including phenoxy) is 1. The van der Waals surface area contributed by atoms with Crippen molar-refractivity contribution in [2.24, 2.45) is 40.4 Å². The lowest BCUT2D eigenvalue weighted by Gasteiger charge is -2.58. The van der Waals surface area contributed by atoms with Crippen LogP contribution in [0.15, 0.2) is 66.8 Å². The Hall–Kier alpha value is -2.50. The molecule has 45 heavy (non-hydrogen) atoms. The summed E-state index contributed by atoms with van der Waals surface area (Å²) in [5.74, 6) is 3.67. The van der Waals surface area contributed by atoms with Gasteiger partial charge in [-0.3, -0.25) is 0 Å². The summed E-state index contributed by atoms with van der Waals surface area (Å²) in [4.78, 5) is 0. The van der Waals surface area contributed by atoms with Crippen LogP contribution in [0, 0.1) is 40.4 Å². The largest absolute Gasteiger partial charge is 0.393 e. The van der Waals surface area contributed by atoms with Crippen LogP contribution in [0.2, 0.25) is 0 Å². The van der Waals surface area contributed by atoms with Gasteiger partial charge in [0.2, 0.25) is 6.33 Å². The fraction of sp³-hybridized carbons (Fsp3) is 0.650. The zero-order valence-electron chi connectivity index (χ0n) is 27.9. The molecule has 1 aliphatic heterocycles. The quantitative estimate of drug-likeness (QED) is 0.219. The van der Waals surface area contributed by atoms with E-state index in [1.54, 1.807) is 5.57 Å². The molecule has 4 unspecified atom stereocenters. The molecule has 0 bridgehead atoms. The van der Waals surface area contributed by atoms with Gasteiger partial charge in [-0.05, 0) is 121 Å². The third-order valence-electron chi connectivity index (χ3n) is 14.1. The van der Waals surface area contributed by atoms with Crippen LogP contribution < -0.4 is 4.57 Å². The van der Waals surface area contributed by atoms with Gasteiger partial charge in [0.1, 0.15) is 6.04 Å². The van der Waals surface area contributed by atoms with E-state index in [0.29, 0.717) is 40.9 Å². The van der Waals surface area contributed by atoms with E-state index in [-0.39, 0.29) is 6.10 Å². The van der Waals surface area contributed by atoms with Crippen LogP contribution >= 0.6 is 0 Å². The molecule has 5 heteroatoms. The highest BCUT2D eigenvalue weighted by atomic mass is 16.5. The number of nitrogens with zero attached hydrogens (tertiary/aromatic N) is 3. The summed E-state index contributed by atoms with van der Waals surface area (Å²) >= 11 is 0. The fourth-order valence-corrected chi connectivity index (χ4v) is 11.6. The molecule has 0 radical (unpaired) electrons. The smallest absolute Gasteiger partial charge is 0.265 e. The number of aliphatic hydroxyl groups excluding tert-OH is 1. The van der Waals surface area contributed by atoms with Crippen LogP contribution in [-0.4, -0.2) is 33.2 Å². The first-order valence-corrected chi connectivity index (χ1v) is 18.2. The van der Waals surface area contributed by atoms with Gasteiger partial charge in [0.05, 0.1) is 24.9 Å².